The van der Waals surface area contributed by atoms with Gasteiger partial charge in [-0.3, -0.25) is 4.79 Å². The first-order chi connectivity index (χ1) is 7.20. The number of aliphatic hydroxyl groups is 1. The number of hydrogen-bond donors (Lipinski definition) is 2. The summed E-state index contributed by atoms with van der Waals surface area (Å²) >= 11 is 1.20. The van der Waals surface area contributed by atoms with Crippen LogP contribution in [0.1, 0.15) is 17.8 Å². The van der Waals surface area contributed by atoms with Gasteiger partial charge in [-0.2, -0.15) is 5.10 Å². The average Bonchev–Trinajstić information content (AvgIpc) is 2.73. The Morgan fingerprint density at radius 3 is 3.07 bits per heavy atom. The fourth-order valence-electron chi connectivity index (χ4n) is 2.11. The SMILES string of the molecule is C[C@@H]1CN(CCO)C[C@@H]1c1n[nH]c(=O)s1. The predicted molar refractivity (Wildman–Crippen MR) is 58.2 cm³/mol. The van der Waals surface area contributed by atoms with Crippen molar-refractivity contribution >= 4 is 11.3 Å². The van der Waals surface area contributed by atoms with E-state index in [1.807, 2.05) is 0 Å². The maximum atomic E-state index is 11.0. The summed E-state index contributed by atoms with van der Waals surface area (Å²) in [5.74, 6) is 0.830. The molecule has 0 spiro atoms. The second-order valence-electron chi connectivity index (χ2n) is 4.02. The number of aliphatic hydroxyl groups excluding tert-OH is 1. The molecule has 6 heteroatoms. The Morgan fingerprint density at radius 2 is 2.47 bits per heavy atom. The summed E-state index contributed by atoms with van der Waals surface area (Å²) in [7, 11) is 0. The van der Waals surface area contributed by atoms with Gasteiger partial charge >= 0.3 is 4.87 Å². The lowest BCUT2D eigenvalue weighted by molar-refractivity contribution is 0.217. The van der Waals surface area contributed by atoms with Crippen LogP contribution in [-0.2, 0) is 0 Å². The minimum atomic E-state index is -0.0854. The summed E-state index contributed by atoms with van der Waals surface area (Å²) < 4.78 is 0. The number of H-pyrrole nitrogens is 1. The lowest BCUT2D eigenvalue weighted by Gasteiger charge is -2.12. The molecule has 0 bridgehead atoms. The van der Waals surface area contributed by atoms with Crippen LogP contribution in [0, 0.1) is 5.92 Å². The van der Waals surface area contributed by atoms with Gasteiger partial charge in [0.25, 0.3) is 0 Å². The van der Waals surface area contributed by atoms with Gasteiger partial charge in [0.05, 0.1) is 6.61 Å². The number of hydrogen-bond acceptors (Lipinski definition) is 5. The summed E-state index contributed by atoms with van der Waals surface area (Å²) in [5.41, 5.74) is 0. The van der Waals surface area contributed by atoms with E-state index in [1.165, 1.54) is 11.3 Å². The van der Waals surface area contributed by atoms with Crippen LogP contribution in [0.2, 0.25) is 0 Å². The zero-order valence-corrected chi connectivity index (χ0v) is 9.46. The molecule has 1 saturated heterocycles. The molecule has 84 valence electrons. The van der Waals surface area contributed by atoms with Gasteiger partial charge < -0.3 is 10.0 Å². The first kappa shape index (κ1) is 10.8. The van der Waals surface area contributed by atoms with Crippen molar-refractivity contribution in [2.24, 2.45) is 5.92 Å². The molecule has 1 aliphatic heterocycles. The minimum Gasteiger partial charge on any atom is -0.395 e. The average molecular weight is 229 g/mol. The van der Waals surface area contributed by atoms with Gasteiger partial charge in [-0.05, 0) is 5.92 Å². The smallest absolute Gasteiger partial charge is 0.322 e. The van der Waals surface area contributed by atoms with Gasteiger partial charge in [-0.1, -0.05) is 18.3 Å². The normalized spacial score (nSPS) is 27.3. The molecule has 2 atom stereocenters. The number of nitrogens with one attached hydrogen (secondary N) is 1. The third kappa shape index (κ3) is 2.27. The molecule has 2 heterocycles. The molecular weight excluding hydrogens is 214 g/mol. The number of aromatic nitrogens is 2. The third-order valence-corrected chi connectivity index (χ3v) is 3.76. The summed E-state index contributed by atoms with van der Waals surface area (Å²) in [6.45, 7) is 4.92. The zero-order chi connectivity index (χ0) is 10.8. The molecule has 0 aromatic carbocycles. The third-order valence-electron chi connectivity index (χ3n) is 2.88. The van der Waals surface area contributed by atoms with E-state index in [-0.39, 0.29) is 11.5 Å². The highest BCUT2D eigenvalue weighted by Crippen LogP contribution is 2.31. The second-order valence-corrected chi connectivity index (χ2v) is 5.01. The second kappa shape index (κ2) is 4.42. The molecule has 0 saturated carbocycles. The molecule has 2 N–H and O–H groups in total. The van der Waals surface area contributed by atoms with Crippen LogP contribution in [-0.4, -0.2) is 46.4 Å². The van der Waals surface area contributed by atoms with Crippen LogP contribution >= 0.6 is 11.3 Å². The maximum absolute atomic E-state index is 11.0. The maximum Gasteiger partial charge on any atom is 0.322 e. The van der Waals surface area contributed by atoms with E-state index < -0.39 is 0 Å². The van der Waals surface area contributed by atoms with Gasteiger partial charge in [-0.15, -0.1) is 0 Å². The molecule has 5 nitrogen and oxygen atoms in total. The molecule has 2 rings (SSSR count). The topological polar surface area (TPSA) is 69.2 Å². The minimum absolute atomic E-state index is 0.0854. The van der Waals surface area contributed by atoms with Crippen molar-refractivity contribution in [2.45, 2.75) is 12.8 Å². The van der Waals surface area contributed by atoms with Crippen molar-refractivity contribution in [3.8, 4) is 0 Å². The van der Waals surface area contributed by atoms with E-state index in [9.17, 15) is 4.79 Å². The molecule has 1 aromatic heterocycles. The number of rotatable bonds is 3. The Bertz CT molecular complexity index is 375. The van der Waals surface area contributed by atoms with Gasteiger partial charge in [0, 0.05) is 25.6 Å². The van der Waals surface area contributed by atoms with Crippen LogP contribution in [0.3, 0.4) is 0 Å². The Balaban J connectivity index is 2.08. The van der Waals surface area contributed by atoms with Crippen molar-refractivity contribution in [1.82, 2.24) is 15.1 Å². The fourth-order valence-corrected chi connectivity index (χ4v) is 2.94. The molecule has 0 amide bonds. The lowest BCUT2D eigenvalue weighted by Crippen LogP contribution is -2.24. The Labute approximate surface area is 91.7 Å². The van der Waals surface area contributed by atoms with Crippen molar-refractivity contribution in [3.05, 3.63) is 14.7 Å². The molecule has 0 unspecified atom stereocenters. The highest BCUT2D eigenvalue weighted by Gasteiger charge is 2.32. The van der Waals surface area contributed by atoms with Gasteiger partial charge in [0.1, 0.15) is 5.01 Å². The van der Waals surface area contributed by atoms with Crippen LogP contribution < -0.4 is 4.87 Å². The van der Waals surface area contributed by atoms with Crippen molar-refractivity contribution < 1.29 is 5.11 Å². The predicted octanol–water partition coefficient (Wildman–Crippen LogP) is -0.141. The van der Waals surface area contributed by atoms with E-state index in [1.54, 1.807) is 0 Å². The standard InChI is InChI=1S/C9H15N3O2S/c1-6-4-12(2-3-13)5-7(6)8-10-11-9(14)15-8/h6-7,13H,2-5H2,1H3,(H,11,14)/t6-,7+/m1/s1. The lowest BCUT2D eigenvalue weighted by atomic mass is 9.99. The first-order valence-corrected chi connectivity index (χ1v) is 5.91. The van der Waals surface area contributed by atoms with Crippen LogP contribution in [0.5, 0.6) is 0 Å². The van der Waals surface area contributed by atoms with E-state index in [4.69, 9.17) is 5.11 Å². The molecular formula is C9H15N3O2S. The molecule has 0 radical (unpaired) electrons. The van der Waals surface area contributed by atoms with E-state index >= 15 is 0 Å². The van der Waals surface area contributed by atoms with E-state index in [0.29, 0.717) is 18.4 Å². The Morgan fingerprint density at radius 1 is 1.67 bits per heavy atom. The van der Waals surface area contributed by atoms with Gasteiger partial charge in [0.15, 0.2) is 0 Å². The number of β-amino-alcohol motifs (C(OH)–C–C–N with tert-alkyl or cyclic N) is 1. The van der Waals surface area contributed by atoms with E-state index in [0.717, 1.165) is 18.1 Å². The van der Waals surface area contributed by atoms with Crippen molar-refractivity contribution in [3.63, 3.8) is 0 Å². The zero-order valence-electron chi connectivity index (χ0n) is 8.64. The monoisotopic (exact) mass is 229 g/mol. The highest BCUT2D eigenvalue weighted by atomic mass is 32.1. The first-order valence-electron chi connectivity index (χ1n) is 5.09. The number of nitrogens with zero attached hydrogens (tertiary/aromatic N) is 2. The van der Waals surface area contributed by atoms with E-state index in [2.05, 4.69) is 22.0 Å². The summed E-state index contributed by atoms with van der Waals surface area (Å²) in [6, 6.07) is 0. The van der Waals surface area contributed by atoms with Gasteiger partial charge in [-0.25, -0.2) is 5.10 Å². The number of aromatic amines is 1. The Hall–Kier alpha value is -0.720. The molecule has 15 heavy (non-hydrogen) atoms. The molecule has 0 aliphatic carbocycles. The highest BCUT2D eigenvalue weighted by molar-refractivity contribution is 7.08. The molecule has 1 aromatic rings. The quantitative estimate of drug-likeness (QED) is 0.757. The van der Waals surface area contributed by atoms with Crippen molar-refractivity contribution in [2.75, 3.05) is 26.2 Å². The number of likely N-dealkylation sites (tertiary alicyclic amines) is 1. The summed E-state index contributed by atoms with van der Waals surface area (Å²) in [6.07, 6.45) is 0. The van der Waals surface area contributed by atoms with Crippen LogP contribution in [0.25, 0.3) is 0 Å². The largest absolute Gasteiger partial charge is 0.395 e. The van der Waals surface area contributed by atoms with Gasteiger partial charge in [0.2, 0.25) is 0 Å². The fraction of sp³-hybridized carbons (Fsp3) is 0.778. The summed E-state index contributed by atoms with van der Waals surface area (Å²) in [4.78, 5) is 13.1. The summed E-state index contributed by atoms with van der Waals surface area (Å²) in [5, 5.41) is 16.3. The Kier molecular flexibility index (Phi) is 3.18. The molecule has 1 aliphatic rings. The van der Waals surface area contributed by atoms with Crippen LogP contribution in [0.15, 0.2) is 4.79 Å². The van der Waals surface area contributed by atoms with Crippen LogP contribution in [0.4, 0.5) is 0 Å². The van der Waals surface area contributed by atoms with Crippen molar-refractivity contribution in [1.29, 1.82) is 0 Å². The molecule has 1 fully saturated rings.